The van der Waals surface area contributed by atoms with Gasteiger partial charge in [-0.15, -0.1) is 0 Å². The van der Waals surface area contributed by atoms with Crippen molar-refractivity contribution in [2.45, 2.75) is 41.4 Å². The average molecular weight is 447 g/mol. The summed E-state index contributed by atoms with van der Waals surface area (Å²) in [5.74, 6) is 3.75. The van der Waals surface area contributed by atoms with Crippen LogP contribution in [0.15, 0.2) is 48.6 Å². The zero-order valence-corrected chi connectivity index (χ0v) is 16.4. The Morgan fingerprint density at radius 2 is 1.10 bits per heavy atom. The van der Waals surface area contributed by atoms with Gasteiger partial charge in [0.2, 0.25) is 0 Å². The van der Waals surface area contributed by atoms with E-state index in [-0.39, 0.29) is 2.85 Å². The van der Waals surface area contributed by atoms with Crippen LogP contribution in [0.2, 0.25) is 15.7 Å². The smallest absolute Gasteiger partial charge is 1.00 e. The molecule has 2 saturated carbocycles. The van der Waals surface area contributed by atoms with Gasteiger partial charge in [0.25, 0.3) is 0 Å². The van der Waals surface area contributed by atoms with Crippen molar-refractivity contribution in [2.75, 3.05) is 0 Å². The van der Waals surface area contributed by atoms with Gasteiger partial charge in [-0.3, -0.25) is 0 Å². The number of allylic oxidation sites excluding steroid dienone is 8. The van der Waals surface area contributed by atoms with Crippen LogP contribution < -0.4 is 0 Å². The average Bonchev–Trinajstić information content (AvgIpc) is 3.03. The maximum atomic E-state index is 2.60. The van der Waals surface area contributed by atoms with Gasteiger partial charge in [-0.05, 0) is 0 Å². The van der Waals surface area contributed by atoms with Gasteiger partial charge in [0.05, 0.1) is 0 Å². The summed E-state index contributed by atoms with van der Waals surface area (Å²) < 4.78 is 5.88. The van der Waals surface area contributed by atoms with E-state index in [1.807, 2.05) is 0 Å². The molecule has 0 nitrogen and oxygen atoms in total. The topological polar surface area (TPSA) is 0 Å². The van der Waals surface area contributed by atoms with E-state index in [0.29, 0.717) is 0 Å². The van der Waals surface area contributed by atoms with Crippen molar-refractivity contribution in [1.29, 1.82) is 0 Å². The van der Waals surface area contributed by atoms with E-state index in [9.17, 15) is 0 Å². The van der Waals surface area contributed by atoms with E-state index >= 15 is 0 Å². The summed E-state index contributed by atoms with van der Waals surface area (Å²) in [5.41, 5.74) is 0. The van der Waals surface area contributed by atoms with Crippen LogP contribution in [0.3, 0.4) is 0 Å². The van der Waals surface area contributed by atoms with Crippen molar-refractivity contribution < 1.29 is 22.8 Å². The third-order valence-electron chi connectivity index (χ3n) is 7.45. The van der Waals surface area contributed by atoms with Gasteiger partial charge in [-0.2, -0.15) is 0 Å². The Hall–Kier alpha value is -0.170. The largest absolute Gasteiger partial charge is 1.00 e. The quantitative estimate of drug-likeness (QED) is 0.450. The Kier molecular flexibility index (Phi) is 3.11. The second-order valence-electron chi connectivity index (χ2n) is 8.12. The molecule has 4 aliphatic carbocycles. The standard InChI is InChI=1S/2C9H11.C2H4.Hf.2H/c2*1-2-5-9-7-3-6-8(9)4-1;1-2;;;/h2*1-2,4-6,8-9H,3,7H2;1-2H2;;;/q;;;;2*-1. The number of hydrogen-bond donors (Lipinski definition) is 0. The van der Waals surface area contributed by atoms with Gasteiger partial charge >= 0.3 is 134 Å². The molecule has 5 aliphatic rings. The summed E-state index contributed by atoms with van der Waals surface area (Å²) in [6.45, 7) is 0. The third-order valence-corrected chi connectivity index (χ3v) is 28.8. The Bertz CT molecular complexity index is 512. The molecule has 0 radical (unpaired) electrons. The molecule has 6 unspecified atom stereocenters. The van der Waals surface area contributed by atoms with Crippen molar-refractivity contribution >= 4 is 0 Å². The van der Waals surface area contributed by atoms with E-state index < -0.39 is 20.0 Å². The van der Waals surface area contributed by atoms with Crippen molar-refractivity contribution in [3.63, 3.8) is 0 Å². The summed E-state index contributed by atoms with van der Waals surface area (Å²) >= 11 is -1.99. The molecule has 21 heavy (non-hydrogen) atoms. The van der Waals surface area contributed by atoms with E-state index in [2.05, 4.69) is 48.6 Å². The summed E-state index contributed by atoms with van der Waals surface area (Å²) in [7, 11) is 0. The van der Waals surface area contributed by atoms with Crippen LogP contribution in [0.5, 0.6) is 0 Å². The van der Waals surface area contributed by atoms with E-state index in [1.165, 1.54) is 20.2 Å². The minimum atomic E-state index is -1.99. The minimum Gasteiger partial charge on any atom is -1.00 e. The number of hydrogen-bond acceptors (Lipinski definition) is 0. The first kappa shape index (κ1) is 13.3. The molecule has 0 N–H and O–H groups in total. The van der Waals surface area contributed by atoms with Crippen molar-refractivity contribution in [1.82, 2.24) is 0 Å². The van der Waals surface area contributed by atoms with Gasteiger partial charge in [-0.1, -0.05) is 0 Å². The number of fused-ring (bicyclic) bond motifs is 2. The van der Waals surface area contributed by atoms with Gasteiger partial charge < -0.3 is 2.85 Å². The maximum absolute atomic E-state index is 2.60. The Balaban J connectivity index is 0.000000781. The van der Waals surface area contributed by atoms with Gasteiger partial charge in [-0.25, -0.2) is 0 Å². The van der Waals surface area contributed by atoms with Crippen LogP contribution in [0.4, 0.5) is 0 Å². The fourth-order valence-corrected chi connectivity index (χ4v) is 36.7. The molecule has 1 heterocycles. The zero-order valence-electron chi connectivity index (χ0n) is 14.8. The molecule has 0 aromatic carbocycles. The summed E-state index contributed by atoms with van der Waals surface area (Å²) in [5, 5.41) is 0. The maximum Gasteiger partial charge on any atom is -1.00 e. The molecule has 0 spiro atoms. The molecule has 3 fully saturated rings. The fourth-order valence-electron chi connectivity index (χ4n) is 6.41. The molecule has 0 aromatic heterocycles. The summed E-state index contributed by atoms with van der Waals surface area (Å²) in [6, 6.07) is 0. The monoisotopic (exact) mass is 448 g/mol. The summed E-state index contributed by atoms with van der Waals surface area (Å²) in [6.07, 6.45) is 25.7. The Morgan fingerprint density at radius 3 is 1.57 bits per heavy atom. The van der Waals surface area contributed by atoms with Crippen LogP contribution in [0, 0.1) is 23.7 Å². The SMILES string of the molecule is C1=CC2CC[CH]([Hf]3([CH]4CCC5C=CC=CC54)[CH2][CH2]3)C2C=C1.[H-].[H-]. The normalized spacial score (nSPS) is 48.4. The van der Waals surface area contributed by atoms with Gasteiger partial charge in [0.15, 0.2) is 0 Å². The van der Waals surface area contributed by atoms with Crippen LogP contribution in [0.25, 0.3) is 0 Å². The molecular formula is C20H28Hf-2. The van der Waals surface area contributed by atoms with Crippen LogP contribution >= 0.6 is 0 Å². The van der Waals surface area contributed by atoms with E-state index in [1.54, 1.807) is 21.2 Å². The first-order valence-corrected chi connectivity index (χ1v) is 18.3. The predicted molar refractivity (Wildman–Crippen MR) is 88.3 cm³/mol. The molecule has 0 bridgehead atoms. The van der Waals surface area contributed by atoms with Gasteiger partial charge in [0, 0.05) is 0 Å². The zero-order chi connectivity index (χ0) is 13.9. The Morgan fingerprint density at radius 1 is 0.619 bits per heavy atom. The molecule has 1 heteroatoms. The van der Waals surface area contributed by atoms with Crippen LogP contribution in [0.1, 0.15) is 28.5 Å². The molecule has 0 aromatic rings. The predicted octanol–water partition coefficient (Wildman–Crippen LogP) is 6.10. The molecule has 5 rings (SSSR count). The second kappa shape index (κ2) is 4.91. The van der Waals surface area contributed by atoms with Crippen molar-refractivity contribution in [2.24, 2.45) is 23.7 Å². The van der Waals surface area contributed by atoms with Crippen molar-refractivity contribution in [3.8, 4) is 0 Å². The van der Waals surface area contributed by atoms with Crippen LogP contribution in [-0.4, -0.2) is 0 Å². The molecule has 6 atom stereocenters. The number of rotatable bonds is 2. The molecular weight excluding hydrogens is 419 g/mol. The first-order chi connectivity index (χ1) is 10.4. The molecule has 1 saturated heterocycles. The van der Waals surface area contributed by atoms with Crippen molar-refractivity contribution in [3.05, 3.63) is 48.6 Å². The van der Waals surface area contributed by atoms with E-state index in [0.717, 1.165) is 23.7 Å². The second-order valence-corrected chi connectivity index (χ2v) is 25.9. The Labute approximate surface area is 136 Å². The molecule has 1 aliphatic heterocycles. The van der Waals surface area contributed by atoms with Gasteiger partial charge in [0.1, 0.15) is 0 Å². The third kappa shape index (κ3) is 1.95. The molecule has 114 valence electrons. The first-order valence-electron chi connectivity index (χ1n) is 9.08. The fraction of sp³-hybridized carbons (Fsp3) is 0.600. The van der Waals surface area contributed by atoms with Crippen LogP contribution in [-0.2, 0) is 20.0 Å². The minimum absolute atomic E-state index is 0. The summed E-state index contributed by atoms with van der Waals surface area (Å²) in [4.78, 5) is 0. The molecule has 0 amide bonds. The van der Waals surface area contributed by atoms with E-state index in [4.69, 9.17) is 0 Å².